The Kier molecular flexibility index (Phi) is 4.11. The molecule has 1 aromatic rings. The van der Waals surface area contributed by atoms with E-state index in [9.17, 15) is 9.59 Å². The standard InChI is InChI=1S/C13H16N2O4/c1-8-10(4-5-19-8)12(16)15-7-9-2-3-11(13(17)18)14-6-9/h2-3,6,8,10H,4-5,7H2,1H3,(H,15,16)(H,17,18). The second-order valence-electron chi connectivity index (χ2n) is 4.55. The van der Waals surface area contributed by atoms with E-state index >= 15 is 0 Å². The molecular formula is C13H16N2O4. The number of rotatable bonds is 4. The van der Waals surface area contributed by atoms with Crippen LogP contribution in [-0.4, -0.2) is 34.7 Å². The maximum absolute atomic E-state index is 11.9. The maximum Gasteiger partial charge on any atom is 0.354 e. The lowest BCUT2D eigenvalue weighted by Gasteiger charge is -2.13. The summed E-state index contributed by atoms with van der Waals surface area (Å²) in [6.45, 7) is 2.85. The number of carbonyl (C=O) groups is 2. The molecule has 1 fully saturated rings. The first-order valence-corrected chi connectivity index (χ1v) is 6.15. The van der Waals surface area contributed by atoms with Gasteiger partial charge in [0, 0.05) is 19.3 Å². The minimum absolute atomic E-state index is 0.00658. The van der Waals surface area contributed by atoms with Gasteiger partial charge in [-0.1, -0.05) is 6.07 Å². The highest BCUT2D eigenvalue weighted by molar-refractivity contribution is 5.85. The van der Waals surface area contributed by atoms with E-state index < -0.39 is 5.97 Å². The molecular weight excluding hydrogens is 248 g/mol. The predicted molar refractivity (Wildman–Crippen MR) is 66.6 cm³/mol. The van der Waals surface area contributed by atoms with E-state index in [2.05, 4.69) is 10.3 Å². The number of carboxylic acids is 1. The quantitative estimate of drug-likeness (QED) is 0.840. The zero-order valence-corrected chi connectivity index (χ0v) is 10.6. The molecule has 6 heteroatoms. The number of carboxylic acid groups (broad SMARTS) is 1. The van der Waals surface area contributed by atoms with Crippen LogP contribution in [0.4, 0.5) is 0 Å². The molecule has 1 amide bonds. The van der Waals surface area contributed by atoms with Crippen molar-refractivity contribution in [3.05, 3.63) is 29.6 Å². The normalized spacial score (nSPS) is 22.2. The van der Waals surface area contributed by atoms with Gasteiger partial charge in [-0.05, 0) is 25.0 Å². The molecule has 102 valence electrons. The van der Waals surface area contributed by atoms with E-state index in [1.165, 1.54) is 12.3 Å². The first kappa shape index (κ1) is 13.5. The van der Waals surface area contributed by atoms with E-state index in [4.69, 9.17) is 9.84 Å². The first-order valence-electron chi connectivity index (χ1n) is 6.15. The van der Waals surface area contributed by atoms with Crippen LogP contribution in [0.5, 0.6) is 0 Å². The Morgan fingerprint density at radius 2 is 2.32 bits per heavy atom. The molecule has 0 bridgehead atoms. The molecule has 0 aliphatic carbocycles. The van der Waals surface area contributed by atoms with Gasteiger partial charge in [0.1, 0.15) is 5.69 Å². The molecule has 0 saturated carbocycles. The molecule has 1 aliphatic heterocycles. The highest BCUT2D eigenvalue weighted by Gasteiger charge is 2.30. The van der Waals surface area contributed by atoms with Gasteiger partial charge >= 0.3 is 5.97 Å². The SMILES string of the molecule is CC1OCCC1C(=O)NCc1ccc(C(=O)O)nc1. The highest BCUT2D eigenvalue weighted by Crippen LogP contribution is 2.20. The number of amides is 1. The summed E-state index contributed by atoms with van der Waals surface area (Å²) in [5.41, 5.74) is 0.762. The Hall–Kier alpha value is -1.95. The summed E-state index contributed by atoms with van der Waals surface area (Å²) < 4.78 is 5.34. The molecule has 2 heterocycles. The minimum Gasteiger partial charge on any atom is -0.477 e. The molecule has 2 rings (SSSR count). The van der Waals surface area contributed by atoms with Crippen LogP contribution in [0.25, 0.3) is 0 Å². The Balaban J connectivity index is 1.88. The van der Waals surface area contributed by atoms with E-state index in [0.29, 0.717) is 13.2 Å². The summed E-state index contributed by atoms with van der Waals surface area (Å²) in [6.07, 6.45) is 2.15. The van der Waals surface area contributed by atoms with Crippen LogP contribution < -0.4 is 5.32 Å². The van der Waals surface area contributed by atoms with Crippen LogP contribution >= 0.6 is 0 Å². The molecule has 1 aliphatic rings. The van der Waals surface area contributed by atoms with Gasteiger partial charge in [-0.15, -0.1) is 0 Å². The molecule has 1 aromatic heterocycles. The van der Waals surface area contributed by atoms with Crippen molar-refractivity contribution in [3.63, 3.8) is 0 Å². The fourth-order valence-corrected chi connectivity index (χ4v) is 2.05. The zero-order valence-electron chi connectivity index (χ0n) is 10.6. The first-order chi connectivity index (χ1) is 9.08. The van der Waals surface area contributed by atoms with Crippen molar-refractivity contribution in [2.75, 3.05) is 6.61 Å². The van der Waals surface area contributed by atoms with Crippen molar-refractivity contribution in [2.45, 2.75) is 26.0 Å². The van der Waals surface area contributed by atoms with E-state index in [0.717, 1.165) is 12.0 Å². The third-order valence-electron chi connectivity index (χ3n) is 3.22. The molecule has 0 aromatic carbocycles. The van der Waals surface area contributed by atoms with Crippen LogP contribution in [0.2, 0.25) is 0 Å². The Bertz CT molecular complexity index is 472. The average molecular weight is 264 g/mol. The van der Waals surface area contributed by atoms with Crippen molar-refractivity contribution in [3.8, 4) is 0 Å². The van der Waals surface area contributed by atoms with Gasteiger partial charge in [0.25, 0.3) is 0 Å². The number of carbonyl (C=O) groups excluding carboxylic acids is 1. The summed E-state index contributed by atoms with van der Waals surface area (Å²) in [7, 11) is 0. The van der Waals surface area contributed by atoms with Crippen molar-refractivity contribution < 1.29 is 19.4 Å². The second kappa shape index (κ2) is 5.79. The van der Waals surface area contributed by atoms with E-state index in [1.54, 1.807) is 6.07 Å². The second-order valence-corrected chi connectivity index (χ2v) is 4.55. The molecule has 2 N–H and O–H groups in total. The number of nitrogens with one attached hydrogen (secondary N) is 1. The smallest absolute Gasteiger partial charge is 0.354 e. The summed E-state index contributed by atoms with van der Waals surface area (Å²) in [5.74, 6) is -1.20. The van der Waals surface area contributed by atoms with Gasteiger partial charge in [-0.25, -0.2) is 9.78 Å². The van der Waals surface area contributed by atoms with Crippen molar-refractivity contribution >= 4 is 11.9 Å². The molecule has 2 unspecified atom stereocenters. The molecule has 2 atom stereocenters. The van der Waals surface area contributed by atoms with Crippen molar-refractivity contribution in [1.82, 2.24) is 10.3 Å². The van der Waals surface area contributed by atoms with Crippen LogP contribution in [0.15, 0.2) is 18.3 Å². The third kappa shape index (κ3) is 3.29. The number of aromatic nitrogens is 1. The Labute approximate surface area is 110 Å². The van der Waals surface area contributed by atoms with E-state index in [1.807, 2.05) is 6.92 Å². The lowest BCUT2D eigenvalue weighted by Crippen LogP contribution is -2.33. The number of aromatic carboxylic acids is 1. The van der Waals surface area contributed by atoms with Crippen LogP contribution in [-0.2, 0) is 16.1 Å². The van der Waals surface area contributed by atoms with Crippen molar-refractivity contribution in [1.29, 1.82) is 0 Å². The molecule has 0 spiro atoms. The van der Waals surface area contributed by atoms with Crippen LogP contribution in [0, 0.1) is 5.92 Å². The molecule has 19 heavy (non-hydrogen) atoms. The topological polar surface area (TPSA) is 88.5 Å². The molecule has 6 nitrogen and oxygen atoms in total. The van der Waals surface area contributed by atoms with Gasteiger partial charge in [0.05, 0.1) is 12.0 Å². The number of hydrogen-bond acceptors (Lipinski definition) is 4. The summed E-state index contributed by atoms with van der Waals surface area (Å²) in [5, 5.41) is 11.5. The summed E-state index contributed by atoms with van der Waals surface area (Å²) in [4.78, 5) is 26.3. The fraction of sp³-hybridized carbons (Fsp3) is 0.462. The monoisotopic (exact) mass is 264 g/mol. The van der Waals surface area contributed by atoms with Gasteiger partial charge in [0.2, 0.25) is 5.91 Å². The maximum atomic E-state index is 11.9. The minimum atomic E-state index is -1.06. The molecule has 1 saturated heterocycles. The van der Waals surface area contributed by atoms with Crippen molar-refractivity contribution in [2.24, 2.45) is 5.92 Å². The van der Waals surface area contributed by atoms with Gasteiger partial charge in [-0.2, -0.15) is 0 Å². The number of ether oxygens (including phenoxy) is 1. The lowest BCUT2D eigenvalue weighted by molar-refractivity contribution is -0.126. The van der Waals surface area contributed by atoms with Crippen LogP contribution in [0.3, 0.4) is 0 Å². The Morgan fingerprint density at radius 3 is 2.84 bits per heavy atom. The summed E-state index contributed by atoms with van der Waals surface area (Å²) >= 11 is 0. The third-order valence-corrected chi connectivity index (χ3v) is 3.22. The average Bonchev–Trinajstić information content (AvgIpc) is 2.83. The lowest BCUT2D eigenvalue weighted by atomic mass is 10.0. The number of pyridine rings is 1. The Morgan fingerprint density at radius 1 is 1.53 bits per heavy atom. The van der Waals surface area contributed by atoms with Crippen LogP contribution in [0.1, 0.15) is 29.4 Å². The van der Waals surface area contributed by atoms with E-state index in [-0.39, 0.29) is 23.6 Å². The van der Waals surface area contributed by atoms with Gasteiger partial charge in [0.15, 0.2) is 0 Å². The van der Waals surface area contributed by atoms with Gasteiger partial charge in [-0.3, -0.25) is 4.79 Å². The predicted octanol–water partition coefficient (Wildman–Crippen LogP) is 0.821. The number of hydrogen-bond donors (Lipinski definition) is 2. The summed E-state index contributed by atoms with van der Waals surface area (Å²) in [6, 6.07) is 3.07. The molecule has 0 radical (unpaired) electrons. The van der Waals surface area contributed by atoms with Gasteiger partial charge < -0.3 is 15.2 Å². The fourth-order valence-electron chi connectivity index (χ4n) is 2.05. The zero-order chi connectivity index (χ0) is 13.8. The highest BCUT2D eigenvalue weighted by atomic mass is 16.5. The largest absolute Gasteiger partial charge is 0.477 e. The number of nitrogens with zero attached hydrogens (tertiary/aromatic N) is 1.